The molecule has 0 spiro atoms. The van der Waals surface area contributed by atoms with Gasteiger partial charge in [-0.2, -0.15) is 5.32 Å². The molecule has 1 radical (unpaired) electrons. The van der Waals surface area contributed by atoms with Gasteiger partial charge in [-0.25, -0.2) is 4.79 Å². The Morgan fingerprint density at radius 1 is 1.15 bits per heavy atom. The van der Waals surface area contributed by atoms with Crippen LogP contribution in [0.3, 0.4) is 0 Å². The van der Waals surface area contributed by atoms with Crippen LogP contribution in [-0.4, -0.2) is 49.9 Å². The van der Waals surface area contributed by atoms with Gasteiger partial charge in [-0.15, -0.1) is 0 Å². The van der Waals surface area contributed by atoms with Crippen LogP contribution in [0.2, 0.25) is 0 Å². The molecule has 1 unspecified atom stereocenters. The van der Waals surface area contributed by atoms with Crippen LogP contribution in [0.15, 0.2) is 30.3 Å². The second-order valence-corrected chi connectivity index (χ2v) is 5.22. The maximum atomic E-state index is 12.0. The second kappa shape index (κ2) is 6.13. The summed E-state index contributed by atoms with van der Waals surface area (Å²) >= 11 is 0. The van der Waals surface area contributed by atoms with Gasteiger partial charge in [-0.05, 0) is 25.0 Å². The highest BCUT2D eigenvalue weighted by molar-refractivity contribution is 5.68. The fourth-order valence-electron chi connectivity index (χ4n) is 2.70. The van der Waals surface area contributed by atoms with Crippen LogP contribution in [0, 0.1) is 0 Å². The Labute approximate surface area is 119 Å². The first-order valence-electron chi connectivity index (χ1n) is 7.25. The molecule has 107 valence electrons. The number of anilines is 1. The van der Waals surface area contributed by atoms with Crippen LogP contribution in [0.25, 0.3) is 0 Å². The Balaban J connectivity index is 1.56. The number of carbonyl (C=O) groups excluding carboxylic acids is 1. The van der Waals surface area contributed by atoms with Crippen LogP contribution in [0.1, 0.15) is 12.8 Å². The quantitative estimate of drug-likeness (QED) is 0.824. The van der Waals surface area contributed by atoms with Crippen molar-refractivity contribution in [3.63, 3.8) is 0 Å². The first-order valence-corrected chi connectivity index (χ1v) is 7.25. The minimum atomic E-state index is -0.350. The normalized spacial score (nSPS) is 22.9. The van der Waals surface area contributed by atoms with Gasteiger partial charge >= 0.3 is 6.09 Å². The van der Waals surface area contributed by atoms with E-state index in [0.29, 0.717) is 13.1 Å². The summed E-state index contributed by atoms with van der Waals surface area (Å²) in [5, 5.41) is 4.41. The number of piperazine rings is 1. The van der Waals surface area contributed by atoms with Gasteiger partial charge in [-0.1, -0.05) is 18.2 Å². The summed E-state index contributed by atoms with van der Waals surface area (Å²) in [6, 6.07) is 10.2. The third-order valence-electron chi connectivity index (χ3n) is 3.80. The second-order valence-electron chi connectivity index (χ2n) is 5.22. The SMILES string of the molecule is O=C(OC1CN(c2ccccc2)CC[N]1)N1CCCC1. The summed E-state index contributed by atoms with van der Waals surface area (Å²) in [4.78, 5) is 16.0. The van der Waals surface area contributed by atoms with Crippen molar-refractivity contribution in [2.75, 3.05) is 37.6 Å². The molecule has 0 N–H and O–H groups in total. The van der Waals surface area contributed by atoms with Gasteiger partial charge in [0.1, 0.15) is 0 Å². The summed E-state index contributed by atoms with van der Waals surface area (Å²) in [6.45, 7) is 3.85. The van der Waals surface area contributed by atoms with E-state index in [1.54, 1.807) is 4.90 Å². The maximum absolute atomic E-state index is 12.0. The molecule has 2 saturated heterocycles. The number of carbonyl (C=O) groups is 1. The van der Waals surface area contributed by atoms with Gasteiger partial charge in [0.05, 0.1) is 6.54 Å². The molecule has 1 aromatic carbocycles. The molecule has 5 heteroatoms. The van der Waals surface area contributed by atoms with Crippen LogP contribution in [0.4, 0.5) is 10.5 Å². The van der Waals surface area contributed by atoms with E-state index in [-0.39, 0.29) is 12.3 Å². The summed E-state index contributed by atoms with van der Waals surface area (Å²) in [5.41, 5.74) is 1.16. The molecule has 2 aliphatic heterocycles. The van der Waals surface area contributed by atoms with Crippen molar-refractivity contribution in [1.82, 2.24) is 10.2 Å². The van der Waals surface area contributed by atoms with Gasteiger partial charge in [0, 0.05) is 31.9 Å². The van der Waals surface area contributed by atoms with Crippen molar-refractivity contribution in [3.05, 3.63) is 30.3 Å². The van der Waals surface area contributed by atoms with Crippen molar-refractivity contribution in [2.45, 2.75) is 19.1 Å². The average Bonchev–Trinajstić information content (AvgIpc) is 3.03. The number of benzene rings is 1. The van der Waals surface area contributed by atoms with E-state index in [9.17, 15) is 4.79 Å². The monoisotopic (exact) mass is 274 g/mol. The van der Waals surface area contributed by atoms with Crippen LogP contribution in [0.5, 0.6) is 0 Å². The number of amides is 1. The molecular formula is C15H20N3O2. The molecule has 1 amide bonds. The summed E-state index contributed by atoms with van der Waals surface area (Å²) in [5.74, 6) is 0. The van der Waals surface area contributed by atoms with Crippen LogP contribution in [-0.2, 0) is 4.74 Å². The van der Waals surface area contributed by atoms with E-state index >= 15 is 0 Å². The Morgan fingerprint density at radius 3 is 2.65 bits per heavy atom. The topological polar surface area (TPSA) is 46.9 Å². The van der Waals surface area contributed by atoms with Gasteiger partial charge in [0.15, 0.2) is 6.23 Å². The number of para-hydroxylation sites is 1. The van der Waals surface area contributed by atoms with Gasteiger partial charge in [0.25, 0.3) is 0 Å². The first kappa shape index (κ1) is 13.2. The molecule has 5 nitrogen and oxygen atoms in total. The Hall–Kier alpha value is -1.75. The van der Waals surface area contributed by atoms with E-state index in [0.717, 1.165) is 38.2 Å². The van der Waals surface area contributed by atoms with Crippen LogP contribution >= 0.6 is 0 Å². The molecule has 20 heavy (non-hydrogen) atoms. The predicted molar refractivity (Wildman–Crippen MR) is 76.7 cm³/mol. The zero-order valence-electron chi connectivity index (χ0n) is 11.6. The third-order valence-corrected chi connectivity index (χ3v) is 3.80. The Bertz CT molecular complexity index is 446. The number of hydrogen-bond acceptors (Lipinski definition) is 3. The third kappa shape index (κ3) is 3.04. The molecule has 3 rings (SSSR count). The lowest BCUT2D eigenvalue weighted by molar-refractivity contribution is 0.0484. The van der Waals surface area contributed by atoms with Gasteiger partial charge in [0.2, 0.25) is 0 Å². The highest BCUT2D eigenvalue weighted by Crippen LogP contribution is 2.17. The van der Waals surface area contributed by atoms with Gasteiger partial charge in [-0.3, -0.25) is 0 Å². The Kier molecular flexibility index (Phi) is 4.06. The summed E-state index contributed by atoms with van der Waals surface area (Å²) in [7, 11) is 0. The molecule has 0 bridgehead atoms. The van der Waals surface area contributed by atoms with Crippen LogP contribution < -0.4 is 10.2 Å². The molecule has 0 aromatic heterocycles. The number of likely N-dealkylation sites (tertiary alicyclic amines) is 1. The van der Waals surface area contributed by atoms with E-state index in [1.807, 2.05) is 18.2 Å². The fourth-order valence-corrected chi connectivity index (χ4v) is 2.70. The number of nitrogens with zero attached hydrogens (tertiary/aromatic N) is 3. The lowest BCUT2D eigenvalue weighted by Crippen LogP contribution is -2.50. The van der Waals surface area contributed by atoms with Crippen molar-refractivity contribution >= 4 is 11.8 Å². The molecule has 2 heterocycles. The largest absolute Gasteiger partial charge is 0.427 e. The standard InChI is InChI=1S/C15H20N3O2/c19-15(17-9-4-5-10-17)20-14-12-18(11-8-16-14)13-6-2-1-3-7-13/h1-3,6-7,14H,4-5,8-12H2. The molecular weight excluding hydrogens is 254 g/mol. The number of hydrogen-bond donors (Lipinski definition) is 0. The Morgan fingerprint density at radius 2 is 1.90 bits per heavy atom. The van der Waals surface area contributed by atoms with E-state index in [2.05, 4.69) is 22.3 Å². The van der Waals surface area contributed by atoms with E-state index in [4.69, 9.17) is 4.74 Å². The minimum absolute atomic E-state index is 0.217. The van der Waals surface area contributed by atoms with Crippen molar-refractivity contribution in [3.8, 4) is 0 Å². The fraction of sp³-hybridized carbons (Fsp3) is 0.533. The van der Waals surface area contributed by atoms with Crippen molar-refractivity contribution in [1.29, 1.82) is 0 Å². The zero-order valence-corrected chi connectivity index (χ0v) is 11.6. The lowest BCUT2D eigenvalue weighted by Gasteiger charge is -2.34. The smallest absolute Gasteiger partial charge is 0.411 e. The highest BCUT2D eigenvalue weighted by Gasteiger charge is 2.27. The zero-order chi connectivity index (χ0) is 13.8. The molecule has 0 saturated carbocycles. The molecule has 1 atom stereocenters. The van der Waals surface area contributed by atoms with Crippen molar-refractivity contribution < 1.29 is 9.53 Å². The van der Waals surface area contributed by atoms with Crippen molar-refractivity contribution in [2.24, 2.45) is 0 Å². The highest BCUT2D eigenvalue weighted by atomic mass is 16.6. The molecule has 2 aliphatic rings. The average molecular weight is 274 g/mol. The summed E-state index contributed by atoms with van der Waals surface area (Å²) < 4.78 is 5.51. The summed E-state index contributed by atoms with van der Waals surface area (Å²) in [6.07, 6.45) is 1.59. The maximum Gasteiger partial charge on any atom is 0.411 e. The number of rotatable bonds is 2. The molecule has 2 fully saturated rings. The lowest BCUT2D eigenvalue weighted by atomic mass is 10.2. The molecule has 1 aromatic rings. The van der Waals surface area contributed by atoms with Gasteiger partial charge < -0.3 is 14.5 Å². The van der Waals surface area contributed by atoms with E-state index < -0.39 is 0 Å². The predicted octanol–water partition coefficient (Wildman–Crippen LogP) is 1.67. The first-order chi connectivity index (χ1) is 9.83. The minimum Gasteiger partial charge on any atom is -0.427 e. The van der Waals surface area contributed by atoms with E-state index in [1.165, 1.54) is 0 Å². The molecule has 0 aliphatic carbocycles. The number of ether oxygens (including phenoxy) is 1.